The van der Waals surface area contributed by atoms with Crippen LogP contribution in [-0.2, 0) is 6.18 Å². The molecule has 0 aliphatic carbocycles. The number of hydrogen-bond donors (Lipinski definition) is 1. The second kappa shape index (κ2) is 4.74. The van der Waals surface area contributed by atoms with Gasteiger partial charge in [0.25, 0.3) is 5.69 Å². The fraction of sp³-hybridized carbons (Fsp3) is 0.200. The summed E-state index contributed by atoms with van der Waals surface area (Å²) >= 11 is 0. The largest absolute Gasteiger partial charge is 0.416 e. The molecule has 1 rings (SSSR count). The van der Waals surface area contributed by atoms with E-state index in [1.54, 1.807) is 0 Å². The van der Waals surface area contributed by atoms with Gasteiger partial charge in [0.05, 0.1) is 17.0 Å². The molecule has 7 heteroatoms. The first-order chi connectivity index (χ1) is 7.86. The van der Waals surface area contributed by atoms with Crippen molar-refractivity contribution in [1.82, 2.24) is 0 Å². The Bertz CT molecular complexity index is 477. The Hall–Kier alpha value is -2.23. The van der Waals surface area contributed by atoms with Crippen LogP contribution in [0.3, 0.4) is 0 Å². The molecule has 0 saturated carbocycles. The van der Waals surface area contributed by atoms with E-state index >= 15 is 0 Å². The third-order valence-electron chi connectivity index (χ3n) is 1.90. The molecule has 0 bridgehead atoms. The lowest BCUT2D eigenvalue weighted by atomic mass is 10.1. The Kier molecular flexibility index (Phi) is 3.58. The summed E-state index contributed by atoms with van der Waals surface area (Å²) in [5.41, 5.74) is -1.77. The Balaban J connectivity index is 3.18. The number of nitro benzene ring substituents is 1. The first-order valence-electron chi connectivity index (χ1n) is 4.39. The van der Waals surface area contributed by atoms with Crippen LogP contribution in [0, 0.1) is 22.5 Å². The van der Waals surface area contributed by atoms with Crippen LogP contribution >= 0.6 is 0 Å². The lowest BCUT2D eigenvalue weighted by molar-refractivity contribution is -0.384. The van der Waals surface area contributed by atoms with Crippen molar-refractivity contribution in [3.05, 3.63) is 33.9 Å². The van der Waals surface area contributed by atoms with Crippen LogP contribution in [0.1, 0.15) is 5.56 Å². The minimum absolute atomic E-state index is 0.00773. The van der Waals surface area contributed by atoms with E-state index in [-0.39, 0.29) is 12.2 Å². The van der Waals surface area contributed by atoms with Crippen LogP contribution < -0.4 is 5.32 Å². The number of benzene rings is 1. The van der Waals surface area contributed by atoms with Crippen molar-refractivity contribution < 1.29 is 18.1 Å². The molecule has 4 nitrogen and oxygen atoms in total. The van der Waals surface area contributed by atoms with Gasteiger partial charge in [0.1, 0.15) is 5.69 Å². The Labute approximate surface area is 94.6 Å². The van der Waals surface area contributed by atoms with Gasteiger partial charge in [-0.1, -0.05) is 5.92 Å². The molecular weight excluding hydrogens is 237 g/mol. The summed E-state index contributed by atoms with van der Waals surface area (Å²) in [4.78, 5) is 9.72. The van der Waals surface area contributed by atoms with E-state index in [1.165, 1.54) is 0 Å². The van der Waals surface area contributed by atoms with Gasteiger partial charge in [-0.05, 0) is 12.1 Å². The normalized spacial score (nSPS) is 10.7. The summed E-state index contributed by atoms with van der Waals surface area (Å²) in [7, 11) is 0. The Morgan fingerprint density at radius 3 is 2.59 bits per heavy atom. The maximum Gasteiger partial charge on any atom is 0.416 e. The van der Waals surface area contributed by atoms with Gasteiger partial charge in [-0.15, -0.1) is 6.42 Å². The molecule has 17 heavy (non-hydrogen) atoms. The highest BCUT2D eigenvalue weighted by atomic mass is 19.4. The topological polar surface area (TPSA) is 55.2 Å². The van der Waals surface area contributed by atoms with Crippen molar-refractivity contribution in [3.63, 3.8) is 0 Å². The zero-order valence-electron chi connectivity index (χ0n) is 8.41. The average Bonchev–Trinajstić information content (AvgIpc) is 2.24. The van der Waals surface area contributed by atoms with E-state index in [1.807, 2.05) is 0 Å². The maximum absolute atomic E-state index is 12.3. The van der Waals surface area contributed by atoms with Gasteiger partial charge in [0.2, 0.25) is 0 Å². The number of anilines is 1. The quantitative estimate of drug-likeness (QED) is 0.505. The first-order valence-corrected chi connectivity index (χ1v) is 4.39. The van der Waals surface area contributed by atoms with Gasteiger partial charge < -0.3 is 5.32 Å². The molecular formula is C10H7F3N2O2. The first kappa shape index (κ1) is 12.8. The predicted molar refractivity (Wildman–Crippen MR) is 55.4 cm³/mol. The molecule has 1 aromatic carbocycles. The summed E-state index contributed by atoms with van der Waals surface area (Å²) < 4.78 is 37.0. The molecule has 0 aliphatic rings. The highest BCUT2D eigenvalue weighted by molar-refractivity contribution is 5.63. The van der Waals surface area contributed by atoms with Crippen molar-refractivity contribution in [3.8, 4) is 12.3 Å². The van der Waals surface area contributed by atoms with Crippen molar-refractivity contribution >= 4 is 11.4 Å². The van der Waals surface area contributed by atoms with Crippen LogP contribution in [0.15, 0.2) is 18.2 Å². The Morgan fingerprint density at radius 1 is 1.47 bits per heavy atom. The lowest BCUT2D eigenvalue weighted by Crippen LogP contribution is -2.08. The van der Waals surface area contributed by atoms with Crippen LogP contribution in [-0.4, -0.2) is 11.5 Å². The minimum atomic E-state index is -4.62. The molecule has 0 saturated heterocycles. The van der Waals surface area contributed by atoms with Gasteiger partial charge in [-0.2, -0.15) is 13.2 Å². The van der Waals surface area contributed by atoms with E-state index in [4.69, 9.17) is 6.42 Å². The third kappa shape index (κ3) is 3.11. The molecule has 0 atom stereocenters. The molecule has 0 aromatic heterocycles. The SMILES string of the molecule is C#CCNc1ccc(C(F)(F)F)cc1[N+](=O)[O-]. The fourth-order valence-electron chi connectivity index (χ4n) is 1.15. The zero-order chi connectivity index (χ0) is 13.1. The summed E-state index contributed by atoms with van der Waals surface area (Å²) in [5.74, 6) is 2.17. The van der Waals surface area contributed by atoms with E-state index in [9.17, 15) is 23.3 Å². The summed E-state index contributed by atoms with van der Waals surface area (Å²) in [6.07, 6.45) is 0.324. The van der Waals surface area contributed by atoms with Crippen molar-refractivity contribution in [2.45, 2.75) is 6.18 Å². The van der Waals surface area contributed by atoms with Crippen molar-refractivity contribution in [2.75, 3.05) is 11.9 Å². The van der Waals surface area contributed by atoms with Gasteiger partial charge >= 0.3 is 6.18 Å². The van der Waals surface area contributed by atoms with Crippen molar-refractivity contribution in [1.29, 1.82) is 0 Å². The highest BCUT2D eigenvalue weighted by Gasteiger charge is 2.32. The minimum Gasteiger partial charge on any atom is -0.369 e. The van der Waals surface area contributed by atoms with E-state index < -0.39 is 22.4 Å². The predicted octanol–water partition coefficient (Wildman–Crippen LogP) is 2.66. The van der Waals surface area contributed by atoms with Gasteiger partial charge in [-0.25, -0.2) is 0 Å². The monoisotopic (exact) mass is 244 g/mol. The second-order valence-corrected chi connectivity index (χ2v) is 3.04. The maximum atomic E-state index is 12.3. The number of hydrogen-bond acceptors (Lipinski definition) is 3. The van der Waals surface area contributed by atoms with Gasteiger partial charge in [0, 0.05) is 6.07 Å². The fourth-order valence-corrected chi connectivity index (χ4v) is 1.15. The second-order valence-electron chi connectivity index (χ2n) is 3.04. The molecule has 1 aromatic rings. The van der Waals surface area contributed by atoms with Crippen LogP contribution in [0.4, 0.5) is 24.5 Å². The summed E-state index contributed by atoms with van der Waals surface area (Å²) in [6.45, 7) is -0.00773. The molecule has 0 unspecified atom stereocenters. The van der Waals surface area contributed by atoms with Gasteiger partial charge in [0.15, 0.2) is 0 Å². The number of rotatable bonds is 3. The molecule has 0 amide bonds. The number of terminal acetylenes is 1. The number of nitro groups is 1. The standard InChI is InChI=1S/C10H7F3N2O2/c1-2-5-14-8-4-3-7(10(11,12)13)6-9(8)15(16)17/h1,3-4,6,14H,5H2. The van der Waals surface area contributed by atoms with Crippen LogP contribution in [0.2, 0.25) is 0 Å². The Morgan fingerprint density at radius 2 is 2.12 bits per heavy atom. The third-order valence-corrected chi connectivity index (χ3v) is 1.90. The molecule has 0 heterocycles. The summed E-state index contributed by atoms with van der Waals surface area (Å²) in [5, 5.41) is 13.1. The molecule has 0 fully saturated rings. The van der Waals surface area contributed by atoms with E-state index in [2.05, 4.69) is 11.2 Å². The molecule has 90 valence electrons. The summed E-state index contributed by atoms with van der Waals surface area (Å²) in [6, 6.07) is 2.21. The molecule has 0 aliphatic heterocycles. The van der Waals surface area contributed by atoms with E-state index in [0.29, 0.717) is 6.07 Å². The number of halogens is 3. The van der Waals surface area contributed by atoms with Crippen LogP contribution in [0.25, 0.3) is 0 Å². The van der Waals surface area contributed by atoms with Crippen molar-refractivity contribution in [2.24, 2.45) is 0 Å². The van der Waals surface area contributed by atoms with Gasteiger partial charge in [-0.3, -0.25) is 10.1 Å². The lowest BCUT2D eigenvalue weighted by Gasteiger charge is -2.09. The molecule has 0 radical (unpaired) electrons. The van der Waals surface area contributed by atoms with E-state index in [0.717, 1.165) is 12.1 Å². The number of nitrogens with one attached hydrogen (secondary N) is 1. The average molecular weight is 244 g/mol. The highest BCUT2D eigenvalue weighted by Crippen LogP contribution is 2.34. The molecule has 1 N–H and O–H groups in total. The molecule has 0 spiro atoms. The zero-order valence-corrected chi connectivity index (χ0v) is 8.41. The van der Waals surface area contributed by atoms with Crippen LogP contribution in [0.5, 0.6) is 0 Å². The number of nitrogens with zero attached hydrogens (tertiary/aromatic N) is 1. The smallest absolute Gasteiger partial charge is 0.369 e. The number of alkyl halides is 3.